The number of rotatable bonds is 4. The van der Waals surface area contributed by atoms with Crippen molar-refractivity contribution in [1.82, 2.24) is 14.9 Å². The second-order valence-electron chi connectivity index (χ2n) is 5.82. The van der Waals surface area contributed by atoms with Crippen LogP contribution in [0.1, 0.15) is 22.7 Å². The quantitative estimate of drug-likeness (QED) is 0.924. The van der Waals surface area contributed by atoms with E-state index >= 15 is 0 Å². The lowest BCUT2D eigenvalue weighted by atomic mass is 10.1. The van der Waals surface area contributed by atoms with Gasteiger partial charge in [-0.1, -0.05) is 18.2 Å². The third-order valence-electron chi connectivity index (χ3n) is 3.86. The number of amides is 1. The predicted octanol–water partition coefficient (Wildman–Crippen LogP) is 1.44. The van der Waals surface area contributed by atoms with E-state index in [2.05, 4.69) is 9.97 Å². The molecule has 6 nitrogen and oxygen atoms in total. The molecule has 0 aliphatic carbocycles. The van der Waals surface area contributed by atoms with Crippen molar-refractivity contribution < 1.29 is 14.6 Å². The molecular weight excluding hydrogens is 294 g/mol. The first-order valence-corrected chi connectivity index (χ1v) is 7.55. The van der Waals surface area contributed by atoms with Gasteiger partial charge in [0.15, 0.2) is 0 Å². The lowest BCUT2D eigenvalue weighted by Crippen LogP contribution is -2.41. The van der Waals surface area contributed by atoms with Gasteiger partial charge in [0.2, 0.25) is 5.82 Å². The van der Waals surface area contributed by atoms with Gasteiger partial charge >= 0.3 is 0 Å². The number of carbonyl (C=O) groups is 1. The molecule has 2 aromatic rings. The van der Waals surface area contributed by atoms with Crippen molar-refractivity contribution in [2.75, 3.05) is 19.7 Å². The van der Waals surface area contributed by atoms with E-state index in [1.165, 1.54) is 0 Å². The molecule has 120 valence electrons. The van der Waals surface area contributed by atoms with Gasteiger partial charge in [0.1, 0.15) is 18.0 Å². The van der Waals surface area contributed by atoms with Crippen molar-refractivity contribution >= 4 is 5.91 Å². The molecule has 1 fully saturated rings. The standard InChI is InChI=1S/C17H19N3O3/c1-13-7-9-18-15(19-13)16(21)20-10-8-17(22,11-20)12-23-14-5-3-2-4-6-14/h2-7,9,22H,8,10-12H2,1H3/t17-/m1/s1. The number of benzene rings is 1. The minimum absolute atomic E-state index is 0.148. The molecule has 23 heavy (non-hydrogen) atoms. The van der Waals surface area contributed by atoms with E-state index in [0.29, 0.717) is 18.7 Å². The number of ether oxygens (including phenoxy) is 1. The van der Waals surface area contributed by atoms with E-state index in [0.717, 1.165) is 5.69 Å². The van der Waals surface area contributed by atoms with E-state index in [4.69, 9.17) is 4.74 Å². The summed E-state index contributed by atoms with van der Waals surface area (Å²) in [6.07, 6.45) is 2.04. The largest absolute Gasteiger partial charge is 0.491 e. The van der Waals surface area contributed by atoms with Gasteiger partial charge in [-0.05, 0) is 31.5 Å². The smallest absolute Gasteiger partial charge is 0.291 e. The fourth-order valence-electron chi connectivity index (χ4n) is 2.58. The Morgan fingerprint density at radius 3 is 2.87 bits per heavy atom. The van der Waals surface area contributed by atoms with Crippen LogP contribution in [0.4, 0.5) is 0 Å². The minimum Gasteiger partial charge on any atom is -0.491 e. The molecule has 1 amide bonds. The summed E-state index contributed by atoms with van der Waals surface area (Å²) in [5.74, 6) is 0.607. The van der Waals surface area contributed by atoms with Crippen LogP contribution in [0.5, 0.6) is 5.75 Å². The van der Waals surface area contributed by atoms with Gasteiger partial charge in [-0.15, -0.1) is 0 Å². The van der Waals surface area contributed by atoms with Crippen LogP contribution in [0, 0.1) is 6.92 Å². The highest BCUT2D eigenvalue weighted by Crippen LogP contribution is 2.24. The van der Waals surface area contributed by atoms with Crippen molar-refractivity contribution in [3.05, 3.63) is 54.1 Å². The summed E-state index contributed by atoms with van der Waals surface area (Å²) in [6, 6.07) is 11.1. The summed E-state index contributed by atoms with van der Waals surface area (Å²) in [5, 5.41) is 10.6. The molecule has 1 aromatic carbocycles. The first-order valence-electron chi connectivity index (χ1n) is 7.55. The summed E-state index contributed by atoms with van der Waals surface area (Å²) in [4.78, 5) is 22.1. The summed E-state index contributed by atoms with van der Waals surface area (Å²) in [6.45, 7) is 2.64. The lowest BCUT2D eigenvalue weighted by Gasteiger charge is -2.23. The fourth-order valence-corrected chi connectivity index (χ4v) is 2.58. The Balaban J connectivity index is 1.62. The number of carbonyl (C=O) groups excluding carboxylic acids is 1. The Hall–Kier alpha value is -2.47. The van der Waals surface area contributed by atoms with E-state index in [1.54, 1.807) is 17.2 Å². The number of hydrogen-bond donors (Lipinski definition) is 1. The molecule has 0 unspecified atom stereocenters. The Morgan fingerprint density at radius 1 is 1.35 bits per heavy atom. The monoisotopic (exact) mass is 313 g/mol. The summed E-state index contributed by atoms with van der Waals surface area (Å²) >= 11 is 0. The second kappa shape index (κ2) is 6.34. The average Bonchev–Trinajstić information content (AvgIpc) is 2.96. The molecule has 1 aliphatic rings. The highest BCUT2D eigenvalue weighted by atomic mass is 16.5. The van der Waals surface area contributed by atoms with Crippen molar-refractivity contribution in [2.24, 2.45) is 0 Å². The molecule has 3 rings (SSSR count). The van der Waals surface area contributed by atoms with Crippen molar-refractivity contribution in [1.29, 1.82) is 0 Å². The maximum atomic E-state index is 12.4. The lowest BCUT2D eigenvalue weighted by molar-refractivity contribution is 0.00419. The first kappa shape index (κ1) is 15.4. The third kappa shape index (κ3) is 3.65. The molecule has 0 saturated carbocycles. The fraction of sp³-hybridized carbons (Fsp3) is 0.353. The van der Waals surface area contributed by atoms with Gasteiger partial charge in [-0.2, -0.15) is 0 Å². The normalized spacial score (nSPS) is 20.5. The topological polar surface area (TPSA) is 75.6 Å². The van der Waals surface area contributed by atoms with Gasteiger partial charge in [0.05, 0.1) is 6.54 Å². The molecule has 1 aromatic heterocycles. The molecular formula is C17H19N3O3. The van der Waals surface area contributed by atoms with E-state index in [-0.39, 0.29) is 24.9 Å². The highest BCUT2D eigenvalue weighted by Gasteiger charge is 2.39. The van der Waals surface area contributed by atoms with Crippen LogP contribution in [-0.2, 0) is 0 Å². The Morgan fingerprint density at radius 2 is 2.13 bits per heavy atom. The van der Waals surface area contributed by atoms with Crippen LogP contribution >= 0.6 is 0 Å². The maximum absolute atomic E-state index is 12.4. The molecule has 1 saturated heterocycles. The SMILES string of the molecule is Cc1ccnc(C(=O)N2CC[C@](O)(COc3ccccc3)C2)n1. The molecule has 1 aliphatic heterocycles. The van der Waals surface area contributed by atoms with Crippen LogP contribution in [0.25, 0.3) is 0 Å². The number of hydrogen-bond acceptors (Lipinski definition) is 5. The Kier molecular flexibility index (Phi) is 4.25. The van der Waals surface area contributed by atoms with Crippen LogP contribution in [0.3, 0.4) is 0 Å². The van der Waals surface area contributed by atoms with Crippen molar-refractivity contribution in [3.8, 4) is 5.75 Å². The number of β-amino-alcohol motifs (C(OH)–C–C–N with tert-alkyl or cyclic N) is 1. The Bertz CT molecular complexity index is 692. The zero-order chi connectivity index (χ0) is 16.3. The third-order valence-corrected chi connectivity index (χ3v) is 3.86. The molecule has 1 N–H and O–H groups in total. The van der Waals surface area contributed by atoms with E-state index < -0.39 is 5.60 Å². The summed E-state index contributed by atoms with van der Waals surface area (Å²) in [5.41, 5.74) is -0.305. The second-order valence-corrected chi connectivity index (χ2v) is 5.82. The number of aryl methyl sites for hydroxylation is 1. The van der Waals surface area contributed by atoms with Crippen LogP contribution < -0.4 is 4.74 Å². The average molecular weight is 313 g/mol. The zero-order valence-electron chi connectivity index (χ0n) is 13.0. The van der Waals surface area contributed by atoms with Gasteiger partial charge in [0.25, 0.3) is 5.91 Å². The maximum Gasteiger partial charge on any atom is 0.291 e. The van der Waals surface area contributed by atoms with Crippen LogP contribution in [0.2, 0.25) is 0 Å². The molecule has 0 radical (unpaired) electrons. The van der Waals surface area contributed by atoms with Gasteiger partial charge in [-0.3, -0.25) is 4.79 Å². The van der Waals surface area contributed by atoms with Gasteiger partial charge < -0.3 is 14.7 Å². The number of likely N-dealkylation sites (tertiary alicyclic amines) is 1. The van der Waals surface area contributed by atoms with Crippen molar-refractivity contribution in [2.45, 2.75) is 18.9 Å². The Labute approximate surface area is 134 Å². The zero-order valence-corrected chi connectivity index (χ0v) is 13.0. The summed E-state index contributed by atoms with van der Waals surface area (Å²) < 4.78 is 5.63. The highest BCUT2D eigenvalue weighted by molar-refractivity contribution is 5.90. The molecule has 2 heterocycles. The van der Waals surface area contributed by atoms with Crippen molar-refractivity contribution in [3.63, 3.8) is 0 Å². The first-order chi connectivity index (χ1) is 11.1. The number of aliphatic hydroxyl groups is 1. The van der Waals surface area contributed by atoms with Gasteiger partial charge in [-0.25, -0.2) is 9.97 Å². The summed E-state index contributed by atoms with van der Waals surface area (Å²) in [7, 11) is 0. The minimum atomic E-state index is -1.05. The van der Waals surface area contributed by atoms with Gasteiger partial charge in [0, 0.05) is 18.4 Å². The van der Waals surface area contributed by atoms with E-state index in [1.807, 2.05) is 37.3 Å². The van der Waals surface area contributed by atoms with Crippen LogP contribution in [-0.4, -0.2) is 51.2 Å². The molecule has 6 heteroatoms. The number of para-hydroxylation sites is 1. The molecule has 1 atom stereocenters. The van der Waals surface area contributed by atoms with E-state index in [9.17, 15) is 9.90 Å². The number of nitrogens with zero attached hydrogens (tertiary/aromatic N) is 3. The van der Waals surface area contributed by atoms with Crippen LogP contribution in [0.15, 0.2) is 42.6 Å². The number of aromatic nitrogens is 2. The molecule has 0 bridgehead atoms. The predicted molar refractivity (Wildman–Crippen MR) is 84.2 cm³/mol. The molecule has 0 spiro atoms.